The molecule has 2 rings (SSSR count). The highest BCUT2D eigenvalue weighted by Gasteiger charge is 2.14. The fourth-order valence-electron chi connectivity index (χ4n) is 2.36. The third-order valence-electron chi connectivity index (χ3n) is 3.26. The van der Waals surface area contributed by atoms with E-state index in [-0.39, 0.29) is 6.04 Å². The van der Waals surface area contributed by atoms with Crippen LogP contribution in [0.15, 0.2) is 42.5 Å². The largest absolute Gasteiger partial charge is 0.497 e. The smallest absolute Gasteiger partial charge is 0.118 e. The highest BCUT2D eigenvalue weighted by molar-refractivity contribution is 6.30. The molecule has 2 nitrogen and oxygen atoms in total. The van der Waals surface area contributed by atoms with Crippen LogP contribution in [0.5, 0.6) is 5.75 Å². The number of aryl methyl sites for hydroxylation is 1. The molecule has 3 heteroatoms. The van der Waals surface area contributed by atoms with E-state index in [1.165, 1.54) is 16.7 Å². The summed E-state index contributed by atoms with van der Waals surface area (Å²) in [5.74, 6) is 0.867. The van der Waals surface area contributed by atoms with Gasteiger partial charge in [0.25, 0.3) is 0 Å². The SMILES string of the molecule is CCNC(c1ccc(OC)cc1)c1cc(C)cc(Cl)c1. The molecule has 0 aliphatic carbocycles. The van der Waals surface area contributed by atoms with E-state index in [4.69, 9.17) is 16.3 Å². The molecule has 2 aromatic carbocycles. The second-order valence-electron chi connectivity index (χ2n) is 4.83. The highest BCUT2D eigenvalue weighted by atomic mass is 35.5. The van der Waals surface area contributed by atoms with Crippen LogP contribution in [0.3, 0.4) is 0 Å². The molecule has 106 valence electrons. The first-order valence-electron chi connectivity index (χ1n) is 6.78. The minimum atomic E-state index is 0.142. The van der Waals surface area contributed by atoms with Gasteiger partial charge in [-0.25, -0.2) is 0 Å². The zero-order valence-electron chi connectivity index (χ0n) is 12.1. The average molecular weight is 290 g/mol. The lowest BCUT2D eigenvalue weighted by atomic mass is 9.97. The molecule has 1 unspecified atom stereocenters. The molecule has 0 aliphatic rings. The standard InChI is InChI=1S/C17H20ClNO/c1-4-19-17(13-5-7-16(20-3)8-6-13)14-9-12(2)10-15(18)11-14/h5-11,17,19H,4H2,1-3H3. The van der Waals surface area contributed by atoms with E-state index < -0.39 is 0 Å². The summed E-state index contributed by atoms with van der Waals surface area (Å²) < 4.78 is 5.21. The Morgan fingerprint density at radius 1 is 1.10 bits per heavy atom. The Hall–Kier alpha value is -1.51. The van der Waals surface area contributed by atoms with Gasteiger partial charge in [-0.2, -0.15) is 0 Å². The molecule has 0 aliphatic heterocycles. The molecular formula is C17H20ClNO. The monoisotopic (exact) mass is 289 g/mol. The van der Waals surface area contributed by atoms with Gasteiger partial charge in [0.2, 0.25) is 0 Å². The molecular weight excluding hydrogens is 270 g/mol. The van der Waals surface area contributed by atoms with Crippen LogP contribution in [0.25, 0.3) is 0 Å². The Bertz CT molecular complexity index is 545. The van der Waals surface area contributed by atoms with E-state index in [0.717, 1.165) is 17.3 Å². The van der Waals surface area contributed by atoms with E-state index in [2.05, 4.69) is 37.4 Å². The molecule has 2 aromatic rings. The van der Waals surface area contributed by atoms with Crippen molar-refractivity contribution in [3.8, 4) is 5.75 Å². The Morgan fingerprint density at radius 2 is 1.80 bits per heavy atom. The maximum Gasteiger partial charge on any atom is 0.118 e. The van der Waals surface area contributed by atoms with Gasteiger partial charge in [-0.15, -0.1) is 0 Å². The van der Waals surface area contributed by atoms with Gasteiger partial charge < -0.3 is 10.1 Å². The third-order valence-corrected chi connectivity index (χ3v) is 3.47. The molecule has 0 aromatic heterocycles. The van der Waals surface area contributed by atoms with Gasteiger partial charge in [0.05, 0.1) is 13.2 Å². The van der Waals surface area contributed by atoms with E-state index in [9.17, 15) is 0 Å². The fraction of sp³-hybridized carbons (Fsp3) is 0.294. The van der Waals surface area contributed by atoms with E-state index >= 15 is 0 Å². The summed E-state index contributed by atoms with van der Waals surface area (Å²) in [6.07, 6.45) is 0. The molecule has 20 heavy (non-hydrogen) atoms. The molecule has 1 atom stereocenters. The van der Waals surface area contributed by atoms with Crippen molar-refractivity contribution in [2.24, 2.45) is 0 Å². The summed E-state index contributed by atoms with van der Waals surface area (Å²) in [5.41, 5.74) is 3.56. The summed E-state index contributed by atoms with van der Waals surface area (Å²) in [5, 5.41) is 4.28. The maximum atomic E-state index is 6.18. The third kappa shape index (κ3) is 3.53. The predicted octanol–water partition coefficient (Wildman–Crippen LogP) is 4.36. The van der Waals surface area contributed by atoms with E-state index in [0.29, 0.717) is 0 Å². The number of benzene rings is 2. The Kier molecular flexibility index (Phi) is 5.05. The number of ether oxygens (including phenoxy) is 1. The molecule has 0 heterocycles. The van der Waals surface area contributed by atoms with Crippen molar-refractivity contribution in [3.05, 3.63) is 64.2 Å². The maximum absolute atomic E-state index is 6.18. The van der Waals surface area contributed by atoms with E-state index in [1.54, 1.807) is 7.11 Å². The molecule has 1 N–H and O–H groups in total. The van der Waals surface area contributed by atoms with Crippen LogP contribution in [0.2, 0.25) is 5.02 Å². The van der Waals surface area contributed by atoms with Gasteiger partial charge in [0, 0.05) is 5.02 Å². The molecule has 0 radical (unpaired) electrons. The summed E-state index contributed by atoms with van der Waals surface area (Å²) in [4.78, 5) is 0. The van der Waals surface area contributed by atoms with Crippen molar-refractivity contribution in [3.63, 3.8) is 0 Å². The van der Waals surface area contributed by atoms with Gasteiger partial charge in [0.1, 0.15) is 5.75 Å². The molecule has 0 saturated heterocycles. The van der Waals surface area contributed by atoms with Crippen molar-refractivity contribution in [1.29, 1.82) is 0 Å². The summed E-state index contributed by atoms with van der Waals surface area (Å²) in [6, 6.07) is 14.4. The highest BCUT2D eigenvalue weighted by Crippen LogP contribution is 2.27. The summed E-state index contributed by atoms with van der Waals surface area (Å²) in [6.45, 7) is 5.06. The Morgan fingerprint density at radius 3 is 2.35 bits per heavy atom. The molecule has 0 spiro atoms. The predicted molar refractivity (Wildman–Crippen MR) is 84.7 cm³/mol. The van der Waals surface area contributed by atoms with Gasteiger partial charge in [-0.05, 0) is 54.4 Å². The van der Waals surface area contributed by atoms with Gasteiger partial charge in [-0.3, -0.25) is 0 Å². The summed E-state index contributed by atoms with van der Waals surface area (Å²) >= 11 is 6.18. The van der Waals surface area contributed by atoms with Crippen LogP contribution in [0.1, 0.15) is 29.7 Å². The number of nitrogens with one attached hydrogen (secondary N) is 1. The quantitative estimate of drug-likeness (QED) is 0.883. The average Bonchev–Trinajstić information content (AvgIpc) is 2.44. The number of hydrogen-bond donors (Lipinski definition) is 1. The molecule has 0 bridgehead atoms. The first-order chi connectivity index (χ1) is 9.63. The minimum absolute atomic E-state index is 0.142. The van der Waals surface area contributed by atoms with Crippen molar-refractivity contribution < 1.29 is 4.74 Å². The Labute approximate surface area is 125 Å². The topological polar surface area (TPSA) is 21.3 Å². The zero-order chi connectivity index (χ0) is 14.5. The Balaban J connectivity index is 2.38. The first kappa shape index (κ1) is 14.9. The fourth-order valence-corrected chi connectivity index (χ4v) is 2.66. The van der Waals surface area contributed by atoms with Crippen molar-refractivity contribution in [2.45, 2.75) is 19.9 Å². The van der Waals surface area contributed by atoms with Crippen LogP contribution in [0, 0.1) is 6.92 Å². The lowest BCUT2D eigenvalue weighted by Gasteiger charge is -2.20. The number of hydrogen-bond acceptors (Lipinski definition) is 2. The number of methoxy groups -OCH3 is 1. The van der Waals surface area contributed by atoms with Gasteiger partial charge in [0.15, 0.2) is 0 Å². The number of rotatable bonds is 5. The van der Waals surface area contributed by atoms with Crippen molar-refractivity contribution >= 4 is 11.6 Å². The molecule has 0 fully saturated rings. The van der Waals surface area contributed by atoms with Crippen LogP contribution in [-0.4, -0.2) is 13.7 Å². The van der Waals surface area contributed by atoms with Gasteiger partial charge in [-0.1, -0.05) is 36.7 Å². The van der Waals surface area contributed by atoms with Gasteiger partial charge >= 0.3 is 0 Å². The second-order valence-corrected chi connectivity index (χ2v) is 5.26. The van der Waals surface area contributed by atoms with Crippen molar-refractivity contribution in [2.75, 3.05) is 13.7 Å². The number of halogens is 1. The van der Waals surface area contributed by atoms with E-state index in [1.807, 2.05) is 24.3 Å². The lowest BCUT2D eigenvalue weighted by Crippen LogP contribution is -2.22. The summed E-state index contributed by atoms with van der Waals surface area (Å²) in [7, 11) is 1.68. The van der Waals surface area contributed by atoms with Crippen LogP contribution < -0.4 is 10.1 Å². The lowest BCUT2D eigenvalue weighted by molar-refractivity contribution is 0.414. The first-order valence-corrected chi connectivity index (χ1v) is 7.16. The minimum Gasteiger partial charge on any atom is -0.497 e. The molecule has 0 saturated carbocycles. The van der Waals surface area contributed by atoms with Crippen LogP contribution in [0.4, 0.5) is 0 Å². The van der Waals surface area contributed by atoms with Crippen molar-refractivity contribution in [1.82, 2.24) is 5.32 Å². The van der Waals surface area contributed by atoms with Crippen LogP contribution >= 0.6 is 11.6 Å². The zero-order valence-corrected chi connectivity index (χ0v) is 12.9. The molecule has 0 amide bonds. The normalized spacial score (nSPS) is 12.2. The second kappa shape index (κ2) is 6.78. The van der Waals surface area contributed by atoms with Crippen LogP contribution in [-0.2, 0) is 0 Å².